The summed E-state index contributed by atoms with van der Waals surface area (Å²) in [5.41, 5.74) is 2.27. The molecule has 0 bridgehead atoms. The molecule has 0 amide bonds. The predicted octanol–water partition coefficient (Wildman–Crippen LogP) is 0.0921. The summed E-state index contributed by atoms with van der Waals surface area (Å²) in [7, 11) is 0. The summed E-state index contributed by atoms with van der Waals surface area (Å²) < 4.78 is 4.44. The molecule has 1 saturated heterocycles. The molecular formula is C14H20IN2S-. The van der Waals surface area contributed by atoms with Crippen molar-refractivity contribution in [3.05, 3.63) is 23.3 Å². The second kappa shape index (κ2) is 5.98. The fraction of sp³-hybridized carbons (Fsp3) is 0.643. The Morgan fingerprint density at radius 1 is 1.39 bits per heavy atom. The van der Waals surface area contributed by atoms with Crippen molar-refractivity contribution in [3.8, 4) is 6.07 Å². The summed E-state index contributed by atoms with van der Waals surface area (Å²) in [6.45, 7) is 8.96. The van der Waals surface area contributed by atoms with E-state index in [0.717, 1.165) is 8.83 Å². The SMILES string of the molecule is CC(C)C1=CC2N[I-]C(C(C)C)SC2C(C#N)=C1. The summed E-state index contributed by atoms with van der Waals surface area (Å²) in [6.07, 6.45) is 4.46. The van der Waals surface area contributed by atoms with Crippen LogP contribution in [0.5, 0.6) is 0 Å². The number of nitrogens with zero attached hydrogens (tertiary/aromatic N) is 1. The van der Waals surface area contributed by atoms with E-state index in [1.165, 1.54) is 5.57 Å². The Labute approximate surface area is 125 Å². The Kier molecular flexibility index (Phi) is 4.79. The van der Waals surface area contributed by atoms with Gasteiger partial charge in [-0.2, -0.15) is 0 Å². The van der Waals surface area contributed by atoms with Gasteiger partial charge in [-0.15, -0.1) is 0 Å². The fourth-order valence-corrected chi connectivity index (χ4v) is 7.32. The normalized spacial score (nSPS) is 32.2. The van der Waals surface area contributed by atoms with Crippen LogP contribution in [0, 0.1) is 23.2 Å². The Hall–Kier alpha value is 0.0100. The van der Waals surface area contributed by atoms with E-state index < -0.39 is 0 Å². The third kappa shape index (κ3) is 2.94. The summed E-state index contributed by atoms with van der Waals surface area (Å²) >= 11 is 2.05. The van der Waals surface area contributed by atoms with Crippen LogP contribution in [-0.2, 0) is 0 Å². The summed E-state index contributed by atoms with van der Waals surface area (Å²) in [6, 6.07) is 2.80. The molecule has 100 valence electrons. The number of allylic oxidation sites excluding steroid dienone is 2. The number of hydrogen-bond acceptors (Lipinski definition) is 3. The average molecular weight is 375 g/mol. The maximum absolute atomic E-state index is 9.38. The van der Waals surface area contributed by atoms with Gasteiger partial charge in [-0.1, -0.05) is 0 Å². The van der Waals surface area contributed by atoms with Crippen molar-refractivity contribution >= 4 is 11.8 Å². The third-order valence-corrected chi connectivity index (χ3v) is 9.47. The molecule has 2 aliphatic rings. The van der Waals surface area contributed by atoms with Crippen LogP contribution in [0.3, 0.4) is 0 Å². The van der Waals surface area contributed by atoms with Crippen molar-refractivity contribution in [2.24, 2.45) is 11.8 Å². The van der Waals surface area contributed by atoms with Crippen LogP contribution < -0.4 is 25.0 Å². The maximum atomic E-state index is 9.38. The number of alkyl halides is 1. The number of hydrogen-bond donors (Lipinski definition) is 1. The van der Waals surface area contributed by atoms with Gasteiger partial charge in [-0.25, -0.2) is 0 Å². The van der Waals surface area contributed by atoms with E-state index in [4.69, 9.17) is 0 Å². The van der Waals surface area contributed by atoms with Gasteiger partial charge >= 0.3 is 125 Å². The molecule has 4 heteroatoms. The van der Waals surface area contributed by atoms with Gasteiger partial charge in [0, 0.05) is 0 Å². The van der Waals surface area contributed by atoms with Crippen LogP contribution in [0.15, 0.2) is 23.3 Å². The zero-order chi connectivity index (χ0) is 13.3. The van der Waals surface area contributed by atoms with E-state index in [9.17, 15) is 5.26 Å². The number of thioether (sulfide) groups is 1. The van der Waals surface area contributed by atoms with Crippen molar-refractivity contribution in [2.45, 2.75) is 42.2 Å². The fourth-order valence-electron chi connectivity index (χ4n) is 2.08. The van der Waals surface area contributed by atoms with E-state index >= 15 is 0 Å². The van der Waals surface area contributed by atoms with E-state index in [0.29, 0.717) is 23.1 Å². The second-order valence-electron chi connectivity index (χ2n) is 5.43. The molecule has 3 unspecified atom stereocenters. The van der Waals surface area contributed by atoms with Crippen LogP contribution in [0.4, 0.5) is 0 Å². The predicted molar refractivity (Wildman–Crippen MR) is 73.5 cm³/mol. The molecule has 0 radical (unpaired) electrons. The quantitative estimate of drug-likeness (QED) is 0.422. The summed E-state index contributed by atoms with van der Waals surface area (Å²) in [4.78, 5) is 0. The Bertz CT molecular complexity index is 420. The molecule has 1 fully saturated rings. The summed E-state index contributed by atoms with van der Waals surface area (Å²) in [5.74, 6) is 1.20. The zero-order valence-corrected chi connectivity index (χ0v) is 14.2. The van der Waals surface area contributed by atoms with Crippen molar-refractivity contribution in [3.63, 3.8) is 0 Å². The molecule has 3 atom stereocenters. The molecule has 0 aromatic carbocycles. The van der Waals surface area contributed by atoms with Gasteiger partial charge in [-0.05, 0) is 0 Å². The Morgan fingerprint density at radius 2 is 2.11 bits per heavy atom. The van der Waals surface area contributed by atoms with E-state index in [1.807, 2.05) is 11.8 Å². The molecule has 0 spiro atoms. The first kappa shape index (κ1) is 14.4. The van der Waals surface area contributed by atoms with Gasteiger partial charge in [0.1, 0.15) is 0 Å². The van der Waals surface area contributed by atoms with E-state index in [1.54, 1.807) is 0 Å². The Balaban J connectivity index is 2.22. The van der Waals surface area contributed by atoms with Gasteiger partial charge in [0.15, 0.2) is 0 Å². The van der Waals surface area contributed by atoms with Crippen molar-refractivity contribution in [2.75, 3.05) is 0 Å². The van der Waals surface area contributed by atoms with Crippen LogP contribution in [0.2, 0.25) is 0 Å². The van der Waals surface area contributed by atoms with Crippen LogP contribution in [0.25, 0.3) is 0 Å². The summed E-state index contributed by atoms with van der Waals surface area (Å²) in [5, 5.41) is 9.71. The van der Waals surface area contributed by atoms with Gasteiger partial charge < -0.3 is 0 Å². The first-order chi connectivity index (χ1) is 8.52. The molecule has 1 N–H and O–H groups in total. The molecular weight excluding hydrogens is 355 g/mol. The molecule has 1 aliphatic heterocycles. The number of nitrogens with one attached hydrogen (secondary N) is 1. The molecule has 2 rings (SSSR count). The van der Waals surface area contributed by atoms with Gasteiger partial charge in [0.05, 0.1) is 0 Å². The molecule has 1 aliphatic carbocycles. The molecule has 2 nitrogen and oxygen atoms in total. The second-order valence-corrected chi connectivity index (χ2v) is 10.1. The van der Waals surface area contributed by atoms with Gasteiger partial charge in [-0.3, -0.25) is 0 Å². The monoisotopic (exact) mass is 375 g/mol. The number of fused-ring (bicyclic) bond motifs is 1. The molecule has 0 saturated carbocycles. The van der Waals surface area contributed by atoms with Crippen molar-refractivity contribution in [1.82, 2.24) is 3.53 Å². The average Bonchev–Trinajstić information content (AvgIpc) is 2.36. The van der Waals surface area contributed by atoms with Crippen LogP contribution in [-0.4, -0.2) is 14.5 Å². The topological polar surface area (TPSA) is 35.8 Å². The van der Waals surface area contributed by atoms with Crippen LogP contribution >= 0.6 is 11.8 Å². The molecule has 0 aromatic rings. The van der Waals surface area contributed by atoms with Gasteiger partial charge in [0.25, 0.3) is 0 Å². The zero-order valence-electron chi connectivity index (χ0n) is 11.3. The molecule has 1 heterocycles. The standard InChI is InChI=1S/C14H20IN2S/c1-8(2)10-5-11(7-16)13-12(6-10)17-15-14(18-13)9(3)4/h5-6,8-9,12-14,17H,1-4H3/q-1. The van der Waals surface area contributed by atoms with Gasteiger partial charge in [0.2, 0.25) is 0 Å². The number of halogens is 1. The first-order valence-electron chi connectivity index (χ1n) is 6.39. The van der Waals surface area contributed by atoms with E-state index in [-0.39, 0.29) is 21.5 Å². The van der Waals surface area contributed by atoms with Crippen LogP contribution in [0.1, 0.15) is 27.7 Å². The number of nitriles is 1. The van der Waals surface area contributed by atoms with Crippen molar-refractivity contribution in [1.29, 1.82) is 5.26 Å². The molecule has 18 heavy (non-hydrogen) atoms. The number of rotatable bonds is 2. The van der Waals surface area contributed by atoms with E-state index in [2.05, 4.69) is 49.4 Å². The molecule has 0 aromatic heterocycles. The van der Waals surface area contributed by atoms with Crippen molar-refractivity contribution < 1.29 is 21.5 Å². The third-order valence-electron chi connectivity index (χ3n) is 3.22. The first-order valence-corrected chi connectivity index (χ1v) is 9.66. The minimum atomic E-state index is 0.0302. The Morgan fingerprint density at radius 3 is 2.67 bits per heavy atom. The minimum absolute atomic E-state index is 0.0302.